The van der Waals surface area contributed by atoms with Crippen LogP contribution in [0.1, 0.15) is 58.8 Å². The van der Waals surface area contributed by atoms with Crippen LogP contribution in [0.15, 0.2) is 0 Å². The number of hydrogen-bond donors (Lipinski definition) is 0. The third-order valence-corrected chi connectivity index (χ3v) is 4.27. The van der Waals surface area contributed by atoms with Crippen LogP contribution >= 0.6 is 0 Å². The SMILES string of the molecule is CCCCCCCCO[CH]([K])CC. The maximum atomic E-state index is 5.68. The zero-order chi connectivity index (χ0) is 9.94. The summed E-state index contributed by atoms with van der Waals surface area (Å²) >= 11 is 0.851. The van der Waals surface area contributed by atoms with Gasteiger partial charge < -0.3 is 0 Å². The van der Waals surface area contributed by atoms with E-state index in [1.54, 1.807) is 0 Å². The van der Waals surface area contributed by atoms with Crippen molar-refractivity contribution in [3.63, 3.8) is 0 Å². The normalized spacial score (nSPS) is 13.2. The molecule has 0 aliphatic carbocycles. The molecule has 0 heterocycles. The molecule has 1 nitrogen and oxygen atoms in total. The van der Waals surface area contributed by atoms with Crippen LogP contribution in [0, 0.1) is 0 Å². The number of unbranched alkanes of at least 4 members (excludes halogenated alkanes) is 5. The van der Waals surface area contributed by atoms with Crippen molar-refractivity contribution < 1.29 is 4.74 Å². The second-order valence-electron chi connectivity index (χ2n) is 3.86. The van der Waals surface area contributed by atoms with Crippen molar-refractivity contribution in [2.45, 2.75) is 59.0 Å². The van der Waals surface area contributed by atoms with E-state index in [0.717, 1.165) is 55.6 Å². The van der Waals surface area contributed by atoms with Gasteiger partial charge in [0.05, 0.1) is 0 Å². The van der Waals surface area contributed by atoms with Gasteiger partial charge in [-0.05, 0) is 0 Å². The van der Waals surface area contributed by atoms with Crippen LogP contribution in [0.2, 0.25) is 0 Å². The first-order chi connectivity index (χ1) is 6.31. The summed E-state index contributed by atoms with van der Waals surface area (Å²) in [6, 6.07) is 0. The Morgan fingerprint density at radius 1 is 1.00 bits per heavy atom. The molecule has 0 rings (SSSR count). The molecule has 0 aromatic carbocycles. The van der Waals surface area contributed by atoms with Crippen molar-refractivity contribution >= 4 is 49.0 Å². The molecule has 13 heavy (non-hydrogen) atoms. The molecule has 0 aliphatic heterocycles. The van der Waals surface area contributed by atoms with Crippen LogP contribution in [-0.4, -0.2) is 55.8 Å². The van der Waals surface area contributed by atoms with Crippen LogP contribution in [0.4, 0.5) is 0 Å². The standard InChI is InChI=1S/C11H23O.K/c1-3-5-6-7-8-9-11-12-10-4-2;/h10H,3-9,11H2,1-2H3;. The summed E-state index contributed by atoms with van der Waals surface area (Å²) in [5.74, 6) is 0. The Hall–Kier alpha value is 1.60. The number of ether oxygens (including phenoxy) is 1. The summed E-state index contributed by atoms with van der Waals surface area (Å²) in [5, 5.41) is 0. The Labute approximate surface area is 118 Å². The fourth-order valence-corrected chi connectivity index (χ4v) is 1.65. The van der Waals surface area contributed by atoms with E-state index in [9.17, 15) is 0 Å². The summed E-state index contributed by atoms with van der Waals surface area (Å²) in [7, 11) is 0. The van der Waals surface area contributed by atoms with E-state index in [1.165, 1.54) is 44.9 Å². The molecule has 0 N–H and O–H groups in total. The van der Waals surface area contributed by atoms with Gasteiger partial charge in [0.25, 0.3) is 0 Å². The quantitative estimate of drug-likeness (QED) is 0.419. The summed E-state index contributed by atoms with van der Waals surface area (Å²) in [4.78, 5) is 0. The van der Waals surface area contributed by atoms with E-state index in [4.69, 9.17) is 4.74 Å². The van der Waals surface area contributed by atoms with Gasteiger partial charge in [-0.1, -0.05) is 0 Å². The van der Waals surface area contributed by atoms with E-state index >= 15 is 0 Å². The second-order valence-corrected chi connectivity index (χ2v) is 5.87. The Bertz CT molecular complexity index is 96.1. The van der Waals surface area contributed by atoms with Crippen molar-refractivity contribution in [1.29, 1.82) is 0 Å². The van der Waals surface area contributed by atoms with E-state index in [2.05, 4.69) is 13.8 Å². The van der Waals surface area contributed by atoms with E-state index in [-0.39, 0.29) is 0 Å². The Balaban J connectivity index is 2.91. The molecule has 0 saturated carbocycles. The number of rotatable bonds is 9. The first kappa shape index (κ1) is 14.6. The fraction of sp³-hybridized carbons (Fsp3) is 1.00. The first-order valence-corrected chi connectivity index (χ1v) is 7.73. The molecule has 0 aliphatic rings. The van der Waals surface area contributed by atoms with Crippen LogP contribution in [0.25, 0.3) is 0 Å². The molecule has 0 fully saturated rings. The van der Waals surface area contributed by atoms with E-state index < -0.39 is 0 Å². The van der Waals surface area contributed by atoms with Gasteiger partial charge >= 0.3 is 119 Å². The molecule has 0 saturated heterocycles. The summed E-state index contributed by atoms with van der Waals surface area (Å²) in [6.07, 6.45) is 9.42. The molecule has 0 spiro atoms. The van der Waals surface area contributed by atoms with E-state index in [0.29, 0.717) is 0.199 Å². The van der Waals surface area contributed by atoms with Crippen LogP contribution in [-0.2, 0) is 4.74 Å². The zero-order valence-electron chi connectivity index (χ0n) is 9.64. The average molecular weight is 210 g/mol. The molecule has 0 bridgehead atoms. The van der Waals surface area contributed by atoms with Crippen molar-refractivity contribution in [3.05, 3.63) is 0 Å². The summed E-state index contributed by atoms with van der Waals surface area (Å²) < 4.78 is 6.32. The molecule has 1 atom stereocenters. The molecule has 0 radical (unpaired) electrons. The zero-order valence-corrected chi connectivity index (χ0v) is 12.8. The third kappa shape index (κ3) is 11.5. The van der Waals surface area contributed by atoms with Crippen molar-refractivity contribution in [2.75, 3.05) is 6.61 Å². The van der Waals surface area contributed by atoms with Crippen LogP contribution < -0.4 is 0 Å². The van der Waals surface area contributed by atoms with Gasteiger partial charge in [0.2, 0.25) is 0 Å². The molecule has 2 heteroatoms. The van der Waals surface area contributed by atoms with Gasteiger partial charge in [-0.25, -0.2) is 0 Å². The Kier molecular flexibility index (Phi) is 13.1. The van der Waals surface area contributed by atoms with Gasteiger partial charge in [-0.2, -0.15) is 0 Å². The molecule has 74 valence electrons. The third-order valence-electron chi connectivity index (χ3n) is 2.48. The fourth-order valence-electron chi connectivity index (χ4n) is 1.28. The van der Waals surface area contributed by atoms with Gasteiger partial charge in [0.15, 0.2) is 0 Å². The average Bonchev–Trinajstić information content (AvgIpc) is 2.16. The molecule has 0 aromatic heterocycles. The summed E-state index contributed by atoms with van der Waals surface area (Å²) in [5.41, 5.74) is 0. The predicted molar refractivity (Wildman–Crippen MR) is 59.2 cm³/mol. The van der Waals surface area contributed by atoms with Crippen molar-refractivity contribution in [3.8, 4) is 0 Å². The molecule has 0 aromatic rings. The minimum absolute atomic E-state index is 0.642. The first-order valence-electron chi connectivity index (χ1n) is 5.92. The Morgan fingerprint density at radius 2 is 1.62 bits per heavy atom. The maximum absolute atomic E-state index is 5.68. The van der Waals surface area contributed by atoms with Crippen molar-refractivity contribution in [2.24, 2.45) is 0 Å². The van der Waals surface area contributed by atoms with Gasteiger partial charge in [0, 0.05) is 0 Å². The predicted octanol–water partition coefficient (Wildman–Crippen LogP) is 3.27. The van der Waals surface area contributed by atoms with Gasteiger partial charge in [-0.3, -0.25) is 0 Å². The Morgan fingerprint density at radius 3 is 2.23 bits per heavy atom. The molecular weight excluding hydrogens is 187 g/mol. The topological polar surface area (TPSA) is 9.23 Å². The summed E-state index contributed by atoms with van der Waals surface area (Å²) in [6.45, 7) is 5.49. The second kappa shape index (κ2) is 11.7. The van der Waals surface area contributed by atoms with Gasteiger partial charge in [0.1, 0.15) is 0 Å². The minimum atomic E-state index is 0.642. The molecule has 1 unspecified atom stereocenters. The number of hydrogen-bond acceptors (Lipinski definition) is 1. The monoisotopic (exact) mass is 210 g/mol. The van der Waals surface area contributed by atoms with Crippen molar-refractivity contribution in [1.82, 2.24) is 0 Å². The van der Waals surface area contributed by atoms with E-state index in [1.807, 2.05) is 0 Å². The molecule has 0 amide bonds. The van der Waals surface area contributed by atoms with Crippen LogP contribution in [0.5, 0.6) is 0 Å². The van der Waals surface area contributed by atoms with Gasteiger partial charge in [-0.15, -0.1) is 0 Å². The van der Waals surface area contributed by atoms with Crippen LogP contribution in [0.3, 0.4) is 0 Å². The molecular formula is C11H23KO.